The Balaban J connectivity index is 1.72. The van der Waals surface area contributed by atoms with Crippen LogP contribution in [0.2, 0.25) is 0 Å². The molecule has 22 heavy (non-hydrogen) atoms. The second-order valence-corrected chi connectivity index (χ2v) is 6.73. The van der Waals surface area contributed by atoms with Crippen LogP contribution in [0, 0.1) is 19.8 Å². The molecule has 5 heteroatoms. The van der Waals surface area contributed by atoms with Crippen molar-refractivity contribution in [3.05, 3.63) is 34.7 Å². The average molecular weight is 315 g/mol. The lowest BCUT2D eigenvalue weighted by molar-refractivity contribution is -0.120. The number of hydrogen-bond donors (Lipinski definition) is 2. The number of anilines is 1. The second kappa shape index (κ2) is 6.58. The van der Waals surface area contributed by atoms with Gasteiger partial charge in [0.2, 0.25) is 5.91 Å². The number of aromatic nitrogens is 1. The van der Waals surface area contributed by atoms with Gasteiger partial charge in [0.25, 0.3) is 0 Å². The molecule has 1 aliphatic heterocycles. The SMILES string of the molecule is Cc1ccc(-c2csc(NC(=O)C3CCNCC3)n2)c(C)c1. The molecule has 3 rings (SSSR count). The number of hydrogen-bond acceptors (Lipinski definition) is 4. The Morgan fingerprint density at radius 2 is 2.09 bits per heavy atom. The Morgan fingerprint density at radius 1 is 1.32 bits per heavy atom. The van der Waals surface area contributed by atoms with E-state index in [0.717, 1.165) is 37.2 Å². The molecule has 0 aliphatic carbocycles. The number of benzene rings is 1. The molecule has 1 saturated heterocycles. The maximum atomic E-state index is 12.3. The molecule has 1 fully saturated rings. The Hall–Kier alpha value is -1.72. The lowest BCUT2D eigenvalue weighted by atomic mass is 9.97. The molecule has 0 unspecified atom stereocenters. The number of carbonyl (C=O) groups is 1. The van der Waals surface area contributed by atoms with Gasteiger partial charge in [0.1, 0.15) is 0 Å². The van der Waals surface area contributed by atoms with Gasteiger partial charge in [-0.2, -0.15) is 0 Å². The molecular weight excluding hydrogens is 294 g/mol. The summed E-state index contributed by atoms with van der Waals surface area (Å²) in [5, 5.41) is 8.95. The highest BCUT2D eigenvalue weighted by Gasteiger charge is 2.21. The number of nitrogens with one attached hydrogen (secondary N) is 2. The summed E-state index contributed by atoms with van der Waals surface area (Å²) in [5.41, 5.74) is 4.52. The number of thiazole rings is 1. The van der Waals surface area contributed by atoms with Crippen molar-refractivity contribution in [2.45, 2.75) is 26.7 Å². The van der Waals surface area contributed by atoms with Crippen LogP contribution in [0.4, 0.5) is 5.13 Å². The lowest BCUT2D eigenvalue weighted by Gasteiger charge is -2.21. The second-order valence-electron chi connectivity index (χ2n) is 5.87. The first kappa shape index (κ1) is 15.2. The van der Waals surface area contributed by atoms with E-state index in [1.807, 2.05) is 5.38 Å². The smallest absolute Gasteiger partial charge is 0.229 e. The minimum absolute atomic E-state index is 0.100. The molecule has 116 valence electrons. The Bertz CT molecular complexity index is 674. The molecule has 0 spiro atoms. The van der Waals surface area contributed by atoms with E-state index in [2.05, 4.69) is 47.7 Å². The quantitative estimate of drug-likeness (QED) is 0.913. The number of carbonyl (C=O) groups excluding carboxylic acids is 1. The summed E-state index contributed by atoms with van der Waals surface area (Å²) in [6.07, 6.45) is 1.81. The molecule has 2 heterocycles. The highest BCUT2D eigenvalue weighted by molar-refractivity contribution is 7.14. The van der Waals surface area contributed by atoms with E-state index in [-0.39, 0.29) is 11.8 Å². The highest BCUT2D eigenvalue weighted by Crippen LogP contribution is 2.28. The van der Waals surface area contributed by atoms with Gasteiger partial charge in [-0.25, -0.2) is 4.98 Å². The van der Waals surface area contributed by atoms with Gasteiger partial charge in [-0.15, -0.1) is 11.3 Å². The van der Waals surface area contributed by atoms with E-state index in [0.29, 0.717) is 5.13 Å². The van der Waals surface area contributed by atoms with Crippen LogP contribution in [0.1, 0.15) is 24.0 Å². The summed E-state index contributed by atoms with van der Waals surface area (Å²) in [4.78, 5) is 16.8. The molecule has 1 aromatic heterocycles. The van der Waals surface area contributed by atoms with Crippen molar-refractivity contribution in [2.24, 2.45) is 5.92 Å². The summed E-state index contributed by atoms with van der Waals surface area (Å²) in [7, 11) is 0. The predicted molar refractivity (Wildman–Crippen MR) is 91.2 cm³/mol. The van der Waals surface area contributed by atoms with Crippen molar-refractivity contribution >= 4 is 22.4 Å². The number of piperidine rings is 1. The Labute approximate surface area is 135 Å². The molecule has 2 aromatic rings. The van der Waals surface area contributed by atoms with Crippen LogP contribution < -0.4 is 10.6 Å². The van der Waals surface area contributed by atoms with Crippen molar-refractivity contribution in [2.75, 3.05) is 18.4 Å². The van der Waals surface area contributed by atoms with Crippen LogP contribution in [0.15, 0.2) is 23.6 Å². The Kier molecular flexibility index (Phi) is 4.55. The van der Waals surface area contributed by atoms with Crippen molar-refractivity contribution < 1.29 is 4.79 Å². The van der Waals surface area contributed by atoms with Gasteiger partial charge < -0.3 is 10.6 Å². The molecule has 4 nitrogen and oxygen atoms in total. The van der Waals surface area contributed by atoms with E-state index in [1.165, 1.54) is 22.5 Å². The lowest BCUT2D eigenvalue weighted by Crippen LogP contribution is -2.34. The van der Waals surface area contributed by atoms with Crippen LogP contribution in [0.3, 0.4) is 0 Å². The molecular formula is C17H21N3OS. The first-order valence-electron chi connectivity index (χ1n) is 7.68. The molecule has 1 amide bonds. The van der Waals surface area contributed by atoms with E-state index in [4.69, 9.17) is 0 Å². The van der Waals surface area contributed by atoms with Gasteiger partial charge in [0.15, 0.2) is 5.13 Å². The van der Waals surface area contributed by atoms with Crippen LogP contribution in [0.5, 0.6) is 0 Å². The van der Waals surface area contributed by atoms with Gasteiger partial charge in [0, 0.05) is 16.9 Å². The van der Waals surface area contributed by atoms with Crippen molar-refractivity contribution in [3.8, 4) is 11.3 Å². The van der Waals surface area contributed by atoms with Gasteiger partial charge >= 0.3 is 0 Å². The van der Waals surface area contributed by atoms with Gasteiger partial charge in [-0.1, -0.05) is 23.8 Å². The average Bonchev–Trinajstić information content (AvgIpc) is 2.96. The van der Waals surface area contributed by atoms with E-state index < -0.39 is 0 Å². The first-order valence-corrected chi connectivity index (χ1v) is 8.56. The molecule has 1 aromatic carbocycles. The van der Waals surface area contributed by atoms with Crippen LogP contribution in [0.25, 0.3) is 11.3 Å². The molecule has 1 aliphatic rings. The van der Waals surface area contributed by atoms with Crippen LogP contribution >= 0.6 is 11.3 Å². The van der Waals surface area contributed by atoms with Crippen molar-refractivity contribution in [3.63, 3.8) is 0 Å². The third-order valence-corrected chi connectivity index (χ3v) is 4.86. The third-order valence-electron chi connectivity index (χ3n) is 4.10. The topological polar surface area (TPSA) is 54.0 Å². The number of amides is 1. The standard InChI is InChI=1S/C17H21N3OS/c1-11-3-4-14(12(2)9-11)15-10-22-17(19-15)20-16(21)13-5-7-18-8-6-13/h3-4,9-10,13,18H,5-8H2,1-2H3,(H,19,20,21). The van der Waals surface area contributed by atoms with E-state index >= 15 is 0 Å². The fourth-order valence-electron chi connectivity index (χ4n) is 2.85. The molecule has 0 saturated carbocycles. The molecule has 0 bridgehead atoms. The fourth-order valence-corrected chi connectivity index (χ4v) is 3.56. The summed E-state index contributed by atoms with van der Waals surface area (Å²) in [6.45, 7) is 6.02. The molecule has 2 N–H and O–H groups in total. The maximum absolute atomic E-state index is 12.3. The minimum atomic E-state index is 0.100. The predicted octanol–water partition coefficient (Wildman–Crippen LogP) is 3.37. The van der Waals surface area contributed by atoms with E-state index in [9.17, 15) is 4.79 Å². The van der Waals surface area contributed by atoms with Crippen LogP contribution in [-0.2, 0) is 4.79 Å². The zero-order valence-corrected chi connectivity index (χ0v) is 13.8. The van der Waals surface area contributed by atoms with Gasteiger partial charge in [-0.05, 0) is 45.3 Å². The zero-order valence-electron chi connectivity index (χ0n) is 13.0. The minimum Gasteiger partial charge on any atom is -0.317 e. The summed E-state index contributed by atoms with van der Waals surface area (Å²) in [5.74, 6) is 0.206. The summed E-state index contributed by atoms with van der Waals surface area (Å²) in [6, 6.07) is 6.34. The molecule has 0 radical (unpaired) electrons. The summed E-state index contributed by atoms with van der Waals surface area (Å²) >= 11 is 1.49. The fraction of sp³-hybridized carbons (Fsp3) is 0.412. The first-order chi connectivity index (χ1) is 10.6. The molecule has 0 atom stereocenters. The summed E-state index contributed by atoms with van der Waals surface area (Å²) < 4.78 is 0. The van der Waals surface area contributed by atoms with Crippen molar-refractivity contribution in [1.82, 2.24) is 10.3 Å². The normalized spacial score (nSPS) is 15.7. The van der Waals surface area contributed by atoms with E-state index in [1.54, 1.807) is 0 Å². The number of rotatable bonds is 3. The highest BCUT2D eigenvalue weighted by atomic mass is 32.1. The van der Waals surface area contributed by atoms with Gasteiger partial charge in [-0.3, -0.25) is 4.79 Å². The largest absolute Gasteiger partial charge is 0.317 e. The van der Waals surface area contributed by atoms with Crippen LogP contribution in [-0.4, -0.2) is 24.0 Å². The Morgan fingerprint density at radius 3 is 2.82 bits per heavy atom. The zero-order chi connectivity index (χ0) is 15.5. The maximum Gasteiger partial charge on any atom is 0.229 e. The number of nitrogens with zero attached hydrogens (tertiary/aromatic N) is 1. The third kappa shape index (κ3) is 3.36. The van der Waals surface area contributed by atoms with Crippen molar-refractivity contribution in [1.29, 1.82) is 0 Å². The number of aryl methyl sites for hydroxylation is 2. The van der Waals surface area contributed by atoms with Gasteiger partial charge in [0.05, 0.1) is 5.69 Å². The monoisotopic (exact) mass is 315 g/mol.